The molecule has 0 heterocycles. The predicted octanol–water partition coefficient (Wildman–Crippen LogP) is 4.83. The molecule has 0 N–H and O–H groups in total. The number of aryl methyl sites for hydroxylation is 2. The van der Waals surface area contributed by atoms with Crippen molar-refractivity contribution in [1.82, 2.24) is 0 Å². The zero-order valence-corrected chi connectivity index (χ0v) is 19.0. The van der Waals surface area contributed by atoms with Gasteiger partial charge in [-0.15, -0.1) is 0 Å². The third-order valence-corrected chi connectivity index (χ3v) is 11.3. The van der Waals surface area contributed by atoms with Crippen LogP contribution < -0.4 is 20.7 Å². The molecule has 0 aliphatic heterocycles. The van der Waals surface area contributed by atoms with Crippen LogP contribution in [0.15, 0.2) is 121 Å². The lowest BCUT2D eigenvalue weighted by Gasteiger charge is -2.35. The summed E-state index contributed by atoms with van der Waals surface area (Å²) in [4.78, 5) is 0. The first-order chi connectivity index (χ1) is 15.2. The van der Waals surface area contributed by atoms with E-state index in [9.17, 15) is 0 Å². The molecule has 5 rings (SSSR count). The van der Waals surface area contributed by atoms with Crippen molar-refractivity contribution in [1.29, 1.82) is 0 Å². The summed E-state index contributed by atoms with van der Waals surface area (Å²) < 4.78 is 0. The minimum Gasteiger partial charge on any atom is -0.0623 e. The second kappa shape index (κ2) is 8.01. The second-order valence-corrected chi connectivity index (χ2v) is 12.1. The Labute approximate surface area is 185 Å². The van der Waals surface area contributed by atoms with Crippen molar-refractivity contribution in [2.24, 2.45) is 0 Å². The number of rotatable bonds is 4. The largest absolute Gasteiger partial charge is 0.180 e. The van der Waals surface area contributed by atoms with Gasteiger partial charge < -0.3 is 0 Å². The molecule has 0 saturated carbocycles. The van der Waals surface area contributed by atoms with E-state index < -0.39 is 8.07 Å². The van der Waals surface area contributed by atoms with Gasteiger partial charge in [0.05, 0.1) is 0 Å². The van der Waals surface area contributed by atoms with E-state index in [1.54, 1.807) is 0 Å². The predicted molar refractivity (Wildman–Crippen MR) is 137 cm³/mol. The normalized spacial score (nSPS) is 11.5. The molecule has 0 saturated heterocycles. The summed E-state index contributed by atoms with van der Waals surface area (Å²) in [7, 11) is -2.51. The van der Waals surface area contributed by atoms with Crippen molar-refractivity contribution in [2.75, 3.05) is 0 Å². The highest BCUT2D eigenvalue weighted by Crippen LogP contribution is 2.20. The minimum atomic E-state index is -2.51. The van der Waals surface area contributed by atoms with Gasteiger partial charge in [0.15, 0.2) is 8.07 Å². The Balaban J connectivity index is 1.99. The van der Waals surface area contributed by atoms with Gasteiger partial charge in [0, 0.05) is 0 Å². The summed E-state index contributed by atoms with van der Waals surface area (Å²) in [5, 5.41) is 8.41. The van der Waals surface area contributed by atoms with Crippen LogP contribution in [0.4, 0.5) is 0 Å². The molecular formula is C30H26Si. The molecule has 0 fully saturated rings. The van der Waals surface area contributed by atoms with Crippen molar-refractivity contribution in [3.8, 4) is 0 Å². The fourth-order valence-corrected chi connectivity index (χ4v) is 9.89. The maximum atomic E-state index is 2.37. The van der Waals surface area contributed by atoms with Crippen LogP contribution in [0, 0.1) is 13.8 Å². The van der Waals surface area contributed by atoms with E-state index in [1.165, 1.54) is 42.6 Å². The molecule has 0 bridgehead atoms. The van der Waals surface area contributed by atoms with Crippen LogP contribution in [-0.2, 0) is 0 Å². The Morgan fingerprint density at radius 3 is 1.55 bits per heavy atom. The number of hydrogen-bond donors (Lipinski definition) is 0. The van der Waals surface area contributed by atoms with Gasteiger partial charge in [0.25, 0.3) is 0 Å². The van der Waals surface area contributed by atoms with Gasteiger partial charge >= 0.3 is 0 Å². The molecular weight excluding hydrogens is 388 g/mol. The van der Waals surface area contributed by atoms with E-state index in [0.29, 0.717) is 0 Å². The second-order valence-electron chi connectivity index (χ2n) is 8.32. The van der Waals surface area contributed by atoms with Gasteiger partial charge in [-0.2, -0.15) is 0 Å². The summed E-state index contributed by atoms with van der Waals surface area (Å²) in [6, 6.07) is 45.1. The van der Waals surface area contributed by atoms with Crippen LogP contribution in [0.2, 0.25) is 0 Å². The first-order valence-electron chi connectivity index (χ1n) is 10.9. The van der Waals surface area contributed by atoms with Crippen LogP contribution >= 0.6 is 0 Å². The molecule has 0 aromatic heterocycles. The van der Waals surface area contributed by atoms with E-state index in [2.05, 4.69) is 135 Å². The third kappa shape index (κ3) is 3.22. The first-order valence-corrected chi connectivity index (χ1v) is 12.9. The van der Waals surface area contributed by atoms with Gasteiger partial charge in [0.2, 0.25) is 0 Å². The molecule has 0 radical (unpaired) electrons. The topological polar surface area (TPSA) is 0 Å². The molecule has 1 heteroatoms. The summed E-state index contributed by atoms with van der Waals surface area (Å²) in [6.07, 6.45) is 0. The molecule has 0 aliphatic carbocycles. The third-order valence-electron chi connectivity index (χ3n) is 6.44. The maximum absolute atomic E-state index is 2.51. The van der Waals surface area contributed by atoms with Gasteiger partial charge in [-0.1, -0.05) is 127 Å². The lowest BCUT2D eigenvalue weighted by atomic mass is 10.1. The molecule has 0 spiro atoms. The molecule has 0 atom stereocenters. The SMILES string of the molecule is Cc1ccc([Si](c2ccccc2)(c2ccccc2)c2cccc3c(C)cccc23)cc1. The van der Waals surface area contributed by atoms with Crippen LogP contribution in [0.25, 0.3) is 10.8 Å². The van der Waals surface area contributed by atoms with Gasteiger partial charge in [-0.05, 0) is 50.9 Å². The van der Waals surface area contributed by atoms with Crippen LogP contribution in [0.3, 0.4) is 0 Å². The monoisotopic (exact) mass is 414 g/mol. The minimum absolute atomic E-state index is 1.29. The molecule has 5 aromatic rings. The van der Waals surface area contributed by atoms with E-state index in [4.69, 9.17) is 0 Å². The van der Waals surface area contributed by atoms with Crippen molar-refractivity contribution in [3.63, 3.8) is 0 Å². The van der Waals surface area contributed by atoms with E-state index in [1.807, 2.05) is 0 Å². The maximum Gasteiger partial charge on any atom is 0.180 e. The van der Waals surface area contributed by atoms with E-state index in [-0.39, 0.29) is 0 Å². The summed E-state index contributed by atoms with van der Waals surface area (Å²) >= 11 is 0. The van der Waals surface area contributed by atoms with Gasteiger partial charge in [-0.3, -0.25) is 0 Å². The Morgan fingerprint density at radius 1 is 0.419 bits per heavy atom. The molecule has 0 aliphatic rings. The van der Waals surface area contributed by atoms with E-state index >= 15 is 0 Å². The summed E-state index contributed by atoms with van der Waals surface area (Å²) in [6.45, 7) is 4.38. The van der Waals surface area contributed by atoms with Crippen molar-refractivity contribution in [3.05, 3.63) is 132 Å². The molecule has 0 unspecified atom stereocenters. The summed E-state index contributed by atoms with van der Waals surface area (Å²) in [5.41, 5.74) is 2.62. The van der Waals surface area contributed by atoms with Crippen LogP contribution in [0.1, 0.15) is 11.1 Å². The smallest absolute Gasteiger partial charge is 0.0623 e. The Hall–Kier alpha value is -3.42. The van der Waals surface area contributed by atoms with Crippen LogP contribution in [-0.4, -0.2) is 8.07 Å². The Bertz CT molecular complexity index is 1280. The molecule has 0 amide bonds. The number of fused-ring (bicyclic) bond motifs is 1. The average molecular weight is 415 g/mol. The van der Waals surface area contributed by atoms with Crippen molar-refractivity contribution < 1.29 is 0 Å². The standard InChI is InChI=1S/C30H26Si/c1-23-19-21-27(22-20-23)31(25-12-5-3-6-13-25,26-14-7-4-8-15-26)30-18-10-16-28-24(2)11-9-17-29(28)30/h3-22H,1-2H3. The lowest BCUT2D eigenvalue weighted by Crippen LogP contribution is -2.74. The van der Waals surface area contributed by atoms with Crippen molar-refractivity contribution in [2.45, 2.75) is 13.8 Å². The quantitative estimate of drug-likeness (QED) is 0.292. The van der Waals surface area contributed by atoms with Gasteiger partial charge in [-0.25, -0.2) is 0 Å². The Kier molecular flexibility index (Phi) is 5.05. The fourth-order valence-electron chi connectivity index (χ4n) is 4.94. The first kappa shape index (κ1) is 19.5. The zero-order valence-electron chi connectivity index (χ0n) is 18.0. The highest BCUT2D eigenvalue weighted by atomic mass is 28.3. The number of benzene rings is 5. The van der Waals surface area contributed by atoms with Gasteiger partial charge in [0.1, 0.15) is 0 Å². The molecule has 0 nitrogen and oxygen atoms in total. The molecule has 5 aromatic carbocycles. The molecule has 150 valence electrons. The fraction of sp³-hybridized carbons (Fsp3) is 0.0667. The van der Waals surface area contributed by atoms with E-state index in [0.717, 1.165) is 0 Å². The zero-order chi connectivity index (χ0) is 21.3. The Morgan fingerprint density at radius 2 is 0.935 bits per heavy atom. The average Bonchev–Trinajstić information content (AvgIpc) is 2.83. The van der Waals surface area contributed by atoms with Crippen LogP contribution in [0.5, 0.6) is 0 Å². The lowest BCUT2D eigenvalue weighted by molar-refractivity contribution is 1.49. The summed E-state index contributed by atoms with van der Waals surface area (Å²) in [5.74, 6) is 0. The highest BCUT2D eigenvalue weighted by molar-refractivity contribution is 7.20. The number of hydrogen-bond acceptors (Lipinski definition) is 0. The van der Waals surface area contributed by atoms with Crippen molar-refractivity contribution >= 4 is 39.6 Å². The highest BCUT2D eigenvalue weighted by Gasteiger charge is 2.42. The molecule has 31 heavy (non-hydrogen) atoms.